The van der Waals surface area contributed by atoms with Crippen LogP contribution in [0.25, 0.3) is 33.0 Å². The molecule has 4 heterocycles. The zero-order valence-electron chi connectivity index (χ0n) is 30.4. The standard InChI is InChI=1S/C53H33NOSi/c1-2-16-36-34(15-1)29-32-50-52(36)39-18-4-14-28-49(39)56(50)48-27-13-3-17-37(48)38-31-30-35(33-51(38)56)54-44-23-9-5-19-40(44)53(41-20-6-10-24-45(41)54)42-21-7-11-25-46(42)55-47-26-12-8-22-43(47)53/h1-33H. The summed E-state index contributed by atoms with van der Waals surface area (Å²) in [5.41, 5.74) is 13.3. The second-order valence-electron chi connectivity index (χ2n) is 15.5. The molecule has 4 aliphatic rings. The van der Waals surface area contributed by atoms with E-state index in [0.717, 1.165) is 11.5 Å². The van der Waals surface area contributed by atoms with Crippen molar-refractivity contribution >= 4 is 56.7 Å². The lowest BCUT2D eigenvalue weighted by atomic mass is 9.61. The predicted molar refractivity (Wildman–Crippen MR) is 232 cm³/mol. The Morgan fingerprint density at radius 3 is 1.64 bits per heavy atom. The van der Waals surface area contributed by atoms with Gasteiger partial charge in [0.05, 0.1) is 16.8 Å². The van der Waals surface area contributed by atoms with Crippen LogP contribution in [0.1, 0.15) is 22.3 Å². The van der Waals surface area contributed by atoms with Crippen molar-refractivity contribution in [2.75, 3.05) is 4.90 Å². The van der Waals surface area contributed by atoms with E-state index in [0.29, 0.717) is 0 Å². The molecule has 1 atom stereocenters. The second-order valence-corrected chi connectivity index (χ2v) is 19.1. The number of hydrogen-bond acceptors (Lipinski definition) is 2. The molecular formula is C53H33NOSi. The van der Waals surface area contributed by atoms with Gasteiger partial charge in [0, 0.05) is 16.8 Å². The van der Waals surface area contributed by atoms with Gasteiger partial charge in [-0.25, -0.2) is 0 Å². The highest BCUT2D eigenvalue weighted by Gasteiger charge is 2.55. The summed E-state index contributed by atoms with van der Waals surface area (Å²) >= 11 is 0. The van der Waals surface area contributed by atoms with Gasteiger partial charge in [-0.15, -0.1) is 0 Å². The fourth-order valence-corrected chi connectivity index (χ4v) is 16.8. The smallest absolute Gasteiger partial charge is 0.182 e. The van der Waals surface area contributed by atoms with Gasteiger partial charge >= 0.3 is 0 Å². The first kappa shape index (κ1) is 30.4. The molecule has 260 valence electrons. The van der Waals surface area contributed by atoms with Gasteiger partial charge in [0.2, 0.25) is 0 Å². The average Bonchev–Trinajstić information content (AvgIpc) is 3.74. The third-order valence-electron chi connectivity index (χ3n) is 13.1. The van der Waals surface area contributed by atoms with Crippen molar-refractivity contribution in [1.82, 2.24) is 0 Å². The molecule has 0 aromatic heterocycles. The summed E-state index contributed by atoms with van der Waals surface area (Å²) in [5.74, 6) is 1.80. The van der Waals surface area contributed by atoms with Crippen molar-refractivity contribution in [2.45, 2.75) is 5.41 Å². The summed E-state index contributed by atoms with van der Waals surface area (Å²) in [6.45, 7) is 0. The molecule has 0 saturated carbocycles. The van der Waals surface area contributed by atoms with E-state index in [4.69, 9.17) is 4.74 Å². The van der Waals surface area contributed by atoms with Crippen LogP contribution in [0.5, 0.6) is 11.5 Å². The number of hydrogen-bond donors (Lipinski definition) is 0. The van der Waals surface area contributed by atoms with E-state index in [1.165, 1.54) is 93.1 Å². The van der Waals surface area contributed by atoms with Crippen LogP contribution in [0, 0.1) is 0 Å². The van der Waals surface area contributed by atoms with Gasteiger partial charge in [0.15, 0.2) is 8.07 Å². The minimum Gasteiger partial charge on any atom is -0.457 e. The minimum absolute atomic E-state index is 0.567. The Balaban J connectivity index is 1.11. The van der Waals surface area contributed by atoms with Gasteiger partial charge in [0.25, 0.3) is 0 Å². The molecule has 2 spiro atoms. The zero-order chi connectivity index (χ0) is 36.6. The molecule has 2 nitrogen and oxygen atoms in total. The summed E-state index contributed by atoms with van der Waals surface area (Å²) in [7, 11) is -2.72. The average molecular weight is 728 g/mol. The van der Waals surface area contributed by atoms with E-state index in [9.17, 15) is 0 Å². The van der Waals surface area contributed by atoms with Crippen LogP contribution >= 0.6 is 0 Å². The van der Waals surface area contributed by atoms with Crippen LogP contribution in [0.4, 0.5) is 17.1 Å². The highest BCUT2D eigenvalue weighted by Crippen LogP contribution is 2.62. The van der Waals surface area contributed by atoms with Crippen molar-refractivity contribution < 1.29 is 4.74 Å². The topological polar surface area (TPSA) is 12.5 Å². The molecule has 1 unspecified atom stereocenters. The van der Waals surface area contributed by atoms with Crippen LogP contribution in [-0.2, 0) is 5.41 Å². The number of nitrogens with zero attached hydrogens (tertiary/aromatic N) is 1. The van der Waals surface area contributed by atoms with Gasteiger partial charge in [-0.2, -0.15) is 0 Å². The Hall–Kier alpha value is -6.94. The third kappa shape index (κ3) is 3.53. The molecule has 13 rings (SSSR count). The van der Waals surface area contributed by atoms with Crippen LogP contribution in [-0.4, -0.2) is 8.07 Å². The number of fused-ring (bicyclic) bond motifs is 20. The lowest BCUT2D eigenvalue weighted by Crippen LogP contribution is -2.70. The molecule has 0 N–H and O–H groups in total. The fraction of sp³-hybridized carbons (Fsp3) is 0.0189. The summed E-state index contributed by atoms with van der Waals surface area (Å²) in [6.07, 6.45) is 0. The number of benzene rings is 9. The summed E-state index contributed by atoms with van der Waals surface area (Å²) in [5, 5.41) is 8.57. The van der Waals surface area contributed by atoms with Crippen molar-refractivity contribution in [3.05, 3.63) is 222 Å². The molecule has 4 aliphatic heterocycles. The Bertz CT molecular complexity index is 3070. The highest BCUT2D eigenvalue weighted by molar-refractivity contribution is 7.24. The van der Waals surface area contributed by atoms with Crippen molar-refractivity contribution in [3.63, 3.8) is 0 Å². The summed E-state index contributed by atoms with van der Waals surface area (Å²) in [4.78, 5) is 2.53. The molecule has 0 aliphatic carbocycles. The van der Waals surface area contributed by atoms with Crippen LogP contribution in [0.3, 0.4) is 0 Å². The second kappa shape index (κ2) is 10.8. The molecule has 0 saturated heterocycles. The lowest BCUT2D eigenvalue weighted by Gasteiger charge is -2.48. The first-order chi connectivity index (χ1) is 27.8. The van der Waals surface area contributed by atoms with Gasteiger partial charge in [-0.1, -0.05) is 164 Å². The van der Waals surface area contributed by atoms with Gasteiger partial charge < -0.3 is 9.64 Å². The lowest BCUT2D eigenvalue weighted by molar-refractivity contribution is 0.434. The number of para-hydroxylation sites is 4. The Morgan fingerprint density at radius 1 is 0.393 bits per heavy atom. The van der Waals surface area contributed by atoms with Gasteiger partial charge in [0.1, 0.15) is 11.5 Å². The number of anilines is 3. The van der Waals surface area contributed by atoms with E-state index < -0.39 is 13.5 Å². The first-order valence-electron chi connectivity index (χ1n) is 19.5. The molecule has 0 bridgehead atoms. The predicted octanol–water partition coefficient (Wildman–Crippen LogP) is 10.4. The molecule has 9 aromatic carbocycles. The molecular weight excluding hydrogens is 695 g/mol. The quantitative estimate of drug-likeness (QED) is 0.156. The first-order valence-corrected chi connectivity index (χ1v) is 21.5. The molecule has 9 aromatic rings. The van der Waals surface area contributed by atoms with Gasteiger partial charge in [-0.3, -0.25) is 0 Å². The van der Waals surface area contributed by atoms with E-state index in [2.05, 4.69) is 205 Å². The monoisotopic (exact) mass is 727 g/mol. The third-order valence-corrected chi connectivity index (χ3v) is 18.1. The largest absolute Gasteiger partial charge is 0.457 e. The van der Waals surface area contributed by atoms with Crippen molar-refractivity contribution in [2.24, 2.45) is 0 Å². The maximum atomic E-state index is 6.66. The van der Waals surface area contributed by atoms with Gasteiger partial charge in [-0.05, 0) is 101 Å². The van der Waals surface area contributed by atoms with Crippen LogP contribution in [0.2, 0.25) is 0 Å². The Labute approximate surface area is 326 Å². The van der Waals surface area contributed by atoms with E-state index in [-0.39, 0.29) is 0 Å². The van der Waals surface area contributed by atoms with Crippen LogP contribution < -0.4 is 30.4 Å². The molecule has 56 heavy (non-hydrogen) atoms. The molecule has 3 heteroatoms. The maximum Gasteiger partial charge on any atom is 0.182 e. The molecule has 0 radical (unpaired) electrons. The normalized spacial score (nSPS) is 16.9. The summed E-state index contributed by atoms with van der Waals surface area (Å²) in [6, 6.07) is 75.0. The van der Waals surface area contributed by atoms with Crippen molar-refractivity contribution in [1.29, 1.82) is 0 Å². The Morgan fingerprint density at radius 2 is 0.929 bits per heavy atom. The molecule has 0 fully saturated rings. The number of ether oxygens (including phenoxy) is 1. The van der Waals surface area contributed by atoms with Crippen molar-refractivity contribution in [3.8, 4) is 33.8 Å². The zero-order valence-corrected chi connectivity index (χ0v) is 31.4. The minimum atomic E-state index is -2.72. The fourth-order valence-electron chi connectivity index (χ4n) is 11.1. The highest BCUT2D eigenvalue weighted by atomic mass is 28.3. The van der Waals surface area contributed by atoms with Crippen LogP contribution in [0.15, 0.2) is 200 Å². The van der Waals surface area contributed by atoms with E-state index in [1.54, 1.807) is 0 Å². The van der Waals surface area contributed by atoms with E-state index >= 15 is 0 Å². The van der Waals surface area contributed by atoms with E-state index in [1.807, 2.05) is 0 Å². The number of rotatable bonds is 1. The maximum absolute atomic E-state index is 6.66. The molecule has 0 amide bonds. The SMILES string of the molecule is c1ccc2c(c1)Oc1ccccc1C21c2ccccc2N(c2ccc3c(c2)[Si]2(c4ccccc4-3)c3ccccc3-c3c2ccc2ccccc32)c2ccccc21. The Kier molecular flexibility index (Phi) is 5.89. The summed E-state index contributed by atoms with van der Waals surface area (Å²) < 4.78 is 6.66.